The van der Waals surface area contributed by atoms with Gasteiger partial charge in [-0.2, -0.15) is 0 Å². The number of rotatable bonds is 4. The van der Waals surface area contributed by atoms with Gasteiger partial charge in [-0.05, 0) is 13.8 Å². The lowest BCUT2D eigenvalue weighted by molar-refractivity contribution is 0.411. The van der Waals surface area contributed by atoms with Gasteiger partial charge in [-0.3, -0.25) is 0 Å². The average molecular weight is 196 g/mol. The number of nitrogens with zero attached hydrogens (tertiary/aromatic N) is 2. The van der Waals surface area contributed by atoms with Crippen molar-refractivity contribution in [1.82, 2.24) is 9.97 Å². The van der Waals surface area contributed by atoms with Gasteiger partial charge >= 0.3 is 0 Å². The molecule has 0 spiro atoms. The molecule has 0 aliphatic carbocycles. The fraction of sp³-hybridized carbons (Fsp3) is 0.556. The van der Waals surface area contributed by atoms with E-state index >= 15 is 0 Å². The van der Waals surface area contributed by atoms with Gasteiger partial charge in [0, 0.05) is 6.04 Å². The van der Waals surface area contributed by atoms with Crippen LogP contribution in [0, 0.1) is 0 Å². The Bertz CT molecular complexity index is 301. The van der Waals surface area contributed by atoms with Crippen LogP contribution in [0.15, 0.2) is 6.20 Å². The van der Waals surface area contributed by atoms with Crippen LogP contribution in [0.1, 0.15) is 19.7 Å². The lowest BCUT2D eigenvalue weighted by Gasteiger charge is -2.12. The third-order valence-electron chi connectivity index (χ3n) is 1.63. The quantitative estimate of drug-likeness (QED) is 0.744. The molecule has 0 radical (unpaired) electrons. The van der Waals surface area contributed by atoms with Crippen LogP contribution in [0.2, 0.25) is 0 Å². The minimum absolute atomic E-state index is 0.296. The monoisotopic (exact) mass is 196 g/mol. The van der Waals surface area contributed by atoms with Crippen LogP contribution in [0.4, 0.5) is 5.82 Å². The van der Waals surface area contributed by atoms with Crippen molar-refractivity contribution in [3.8, 4) is 5.75 Å². The number of nitrogens with one attached hydrogen (secondary N) is 1. The van der Waals surface area contributed by atoms with Crippen LogP contribution in [-0.2, 0) is 6.54 Å². The molecule has 0 saturated heterocycles. The molecule has 5 heteroatoms. The zero-order valence-electron chi connectivity index (χ0n) is 8.74. The summed E-state index contributed by atoms with van der Waals surface area (Å²) in [5.74, 6) is 1.93. The molecule has 0 amide bonds. The second-order valence-corrected chi connectivity index (χ2v) is 3.21. The summed E-state index contributed by atoms with van der Waals surface area (Å²) < 4.78 is 5.12. The largest absolute Gasteiger partial charge is 0.491 e. The van der Waals surface area contributed by atoms with Crippen molar-refractivity contribution in [2.45, 2.75) is 26.4 Å². The molecule has 0 fully saturated rings. The molecule has 0 bridgehead atoms. The highest BCUT2D eigenvalue weighted by atomic mass is 16.5. The molecule has 78 valence electrons. The lowest BCUT2D eigenvalue weighted by atomic mass is 10.4. The van der Waals surface area contributed by atoms with Crippen LogP contribution in [-0.4, -0.2) is 23.1 Å². The Morgan fingerprint density at radius 1 is 1.57 bits per heavy atom. The van der Waals surface area contributed by atoms with Crippen LogP contribution >= 0.6 is 0 Å². The topological polar surface area (TPSA) is 73.1 Å². The summed E-state index contributed by atoms with van der Waals surface area (Å²) in [6.45, 7) is 4.39. The molecule has 0 aliphatic rings. The number of methoxy groups -OCH3 is 1. The predicted octanol–water partition coefficient (Wildman–Crippen LogP) is 0.764. The molecule has 1 heterocycles. The molecule has 0 aliphatic heterocycles. The summed E-state index contributed by atoms with van der Waals surface area (Å²) in [4.78, 5) is 8.26. The van der Waals surface area contributed by atoms with Crippen molar-refractivity contribution in [3.05, 3.63) is 12.0 Å². The van der Waals surface area contributed by atoms with E-state index in [1.54, 1.807) is 13.3 Å². The first-order valence-corrected chi connectivity index (χ1v) is 4.54. The Labute approximate surface area is 83.7 Å². The van der Waals surface area contributed by atoms with E-state index in [2.05, 4.69) is 15.3 Å². The zero-order valence-corrected chi connectivity index (χ0v) is 8.74. The van der Waals surface area contributed by atoms with Crippen molar-refractivity contribution in [1.29, 1.82) is 0 Å². The summed E-state index contributed by atoms with van der Waals surface area (Å²) in [6, 6.07) is 0.296. The average Bonchev–Trinajstić information content (AvgIpc) is 2.16. The van der Waals surface area contributed by atoms with E-state index in [0.717, 1.165) is 0 Å². The Morgan fingerprint density at radius 3 is 2.79 bits per heavy atom. The number of anilines is 1. The molecule has 5 nitrogen and oxygen atoms in total. The SMILES string of the molecule is COc1cnc(CN)nc1NC(C)C. The third kappa shape index (κ3) is 2.56. The van der Waals surface area contributed by atoms with Crippen LogP contribution < -0.4 is 15.8 Å². The summed E-state index contributed by atoms with van der Waals surface area (Å²) in [5, 5.41) is 3.17. The molecule has 0 unspecified atom stereocenters. The summed E-state index contributed by atoms with van der Waals surface area (Å²) in [6.07, 6.45) is 1.62. The van der Waals surface area contributed by atoms with Crippen LogP contribution in [0.5, 0.6) is 5.75 Å². The maximum absolute atomic E-state index is 5.45. The number of ether oxygens (including phenoxy) is 1. The second kappa shape index (κ2) is 4.76. The molecule has 0 aromatic carbocycles. The first kappa shape index (κ1) is 10.7. The number of hydrogen-bond donors (Lipinski definition) is 2. The maximum atomic E-state index is 5.45. The smallest absolute Gasteiger partial charge is 0.179 e. The minimum atomic E-state index is 0.296. The van der Waals surface area contributed by atoms with Gasteiger partial charge in [0.25, 0.3) is 0 Å². The number of hydrogen-bond acceptors (Lipinski definition) is 5. The normalized spacial score (nSPS) is 10.4. The van der Waals surface area contributed by atoms with Crippen molar-refractivity contribution >= 4 is 5.82 Å². The minimum Gasteiger partial charge on any atom is -0.491 e. The molecule has 3 N–H and O–H groups in total. The molecule has 1 aromatic heterocycles. The molecular formula is C9H16N4O. The van der Waals surface area contributed by atoms with E-state index in [9.17, 15) is 0 Å². The fourth-order valence-corrected chi connectivity index (χ4v) is 1.03. The first-order chi connectivity index (χ1) is 6.67. The maximum Gasteiger partial charge on any atom is 0.179 e. The van der Waals surface area contributed by atoms with Gasteiger partial charge < -0.3 is 15.8 Å². The second-order valence-electron chi connectivity index (χ2n) is 3.21. The first-order valence-electron chi connectivity index (χ1n) is 4.54. The summed E-state index contributed by atoms with van der Waals surface area (Å²) in [7, 11) is 1.59. The van der Waals surface area contributed by atoms with Crippen molar-refractivity contribution < 1.29 is 4.74 Å². The highest BCUT2D eigenvalue weighted by Crippen LogP contribution is 2.20. The highest BCUT2D eigenvalue weighted by Gasteiger charge is 2.07. The van der Waals surface area contributed by atoms with Crippen molar-refractivity contribution in [2.24, 2.45) is 5.73 Å². The van der Waals surface area contributed by atoms with Crippen LogP contribution in [0.25, 0.3) is 0 Å². The van der Waals surface area contributed by atoms with Gasteiger partial charge in [0.05, 0.1) is 19.9 Å². The van der Waals surface area contributed by atoms with E-state index in [0.29, 0.717) is 30.0 Å². The van der Waals surface area contributed by atoms with Crippen LogP contribution in [0.3, 0.4) is 0 Å². The fourth-order valence-electron chi connectivity index (χ4n) is 1.03. The Balaban J connectivity index is 2.96. The van der Waals surface area contributed by atoms with E-state index in [1.165, 1.54) is 0 Å². The van der Waals surface area contributed by atoms with E-state index in [1.807, 2.05) is 13.8 Å². The van der Waals surface area contributed by atoms with Gasteiger partial charge in [-0.25, -0.2) is 9.97 Å². The van der Waals surface area contributed by atoms with E-state index < -0.39 is 0 Å². The summed E-state index contributed by atoms with van der Waals surface area (Å²) >= 11 is 0. The standard InChI is InChI=1S/C9H16N4O/c1-6(2)12-9-7(14-3)5-11-8(4-10)13-9/h5-6H,4,10H2,1-3H3,(H,11,12,13). The molecule has 14 heavy (non-hydrogen) atoms. The van der Waals surface area contributed by atoms with E-state index in [4.69, 9.17) is 10.5 Å². The van der Waals surface area contributed by atoms with Gasteiger partial charge in [-0.1, -0.05) is 0 Å². The van der Waals surface area contributed by atoms with Gasteiger partial charge in [0.15, 0.2) is 11.6 Å². The molecule has 0 atom stereocenters. The van der Waals surface area contributed by atoms with Gasteiger partial charge in [-0.15, -0.1) is 0 Å². The molecule has 1 rings (SSSR count). The van der Waals surface area contributed by atoms with Crippen molar-refractivity contribution in [3.63, 3.8) is 0 Å². The molecular weight excluding hydrogens is 180 g/mol. The summed E-state index contributed by atoms with van der Waals surface area (Å²) in [5.41, 5.74) is 5.45. The Morgan fingerprint density at radius 2 is 2.29 bits per heavy atom. The van der Waals surface area contributed by atoms with Gasteiger partial charge in [0.1, 0.15) is 5.82 Å². The number of aromatic nitrogens is 2. The highest BCUT2D eigenvalue weighted by molar-refractivity contribution is 5.49. The third-order valence-corrected chi connectivity index (χ3v) is 1.63. The molecule has 1 aromatic rings. The number of nitrogens with two attached hydrogens (primary N) is 1. The van der Waals surface area contributed by atoms with Gasteiger partial charge in [0.2, 0.25) is 0 Å². The lowest BCUT2D eigenvalue weighted by Crippen LogP contribution is -2.14. The Hall–Kier alpha value is -1.36. The molecule has 0 saturated carbocycles. The predicted molar refractivity (Wildman–Crippen MR) is 55.2 cm³/mol. The Kier molecular flexibility index (Phi) is 3.64. The van der Waals surface area contributed by atoms with E-state index in [-0.39, 0.29) is 0 Å². The zero-order chi connectivity index (χ0) is 10.6. The van der Waals surface area contributed by atoms with Crippen molar-refractivity contribution in [2.75, 3.05) is 12.4 Å².